The van der Waals surface area contributed by atoms with Crippen molar-refractivity contribution in [2.24, 2.45) is 0 Å². The SMILES string of the molecule is COc1ccc(NC(=O)CN(c2ccc(Cl)c(Cl)c2)S(=O)(=O)c2ccccc2)cc1Cl. The van der Waals surface area contributed by atoms with E-state index >= 15 is 0 Å². The smallest absolute Gasteiger partial charge is 0.264 e. The zero-order valence-electron chi connectivity index (χ0n) is 16.2. The summed E-state index contributed by atoms with van der Waals surface area (Å²) >= 11 is 18.1. The minimum Gasteiger partial charge on any atom is -0.495 e. The van der Waals surface area contributed by atoms with Crippen LogP contribution in [0.3, 0.4) is 0 Å². The molecule has 3 rings (SSSR count). The highest BCUT2D eigenvalue weighted by Crippen LogP contribution is 2.31. The summed E-state index contributed by atoms with van der Waals surface area (Å²) in [6, 6.07) is 16.8. The molecule has 0 heterocycles. The molecule has 6 nitrogen and oxygen atoms in total. The Bertz CT molecular complexity index is 1200. The standard InChI is InChI=1S/C21H17Cl3N2O4S/c1-30-20-10-7-14(11-19(20)24)25-21(27)13-26(15-8-9-17(22)18(23)12-15)31(28,29)16-5-3-2-4-6-16/h2-12H,13H2,1H3,(H,25,27). The molecular weight excluding hydrogens is 483 g/mol. The van der Waals surface area contributed by atoms with Crippen LogP contribution in [0.25, 0.3) is 0 Å². The summed E-state index contributed by atoms with van der Waals surface area (Å²) in [5, 5.41) is 3.37. The third-order valence-electron chi connectivity index (χ3n) is 4.25. The monoisotopic (exact) mass is 498 g/mol. The molecule has 31 heavy (non-hydrogen) atoms. The van der Waals surface area contributed by atoms with Crippen molar-refractivity contribution in [1.29, 1.82) is 0 Å². The molecule has 0 aliphatic carbocycles. The summed E-state index contributed by atoms with van der Waals surface area (Å²) in [7, 11) is -2.59. The van der Waals surface area contributed by atoms with E-state index in [0.717, 1.165) is 4.31 Å². The molecule has 0 aromatic heterocycles. The number of nitrogens with one attached hydrogen (secondary N) is 1. The van der Waals surface area contributed by atoms with E-state index in [-0.39, 0.29) is 20.6 Å². The number of hydrogen-bond donors (Lipinski definition) is 1. The Labute approximate surface area is 195 Å². The molecule has 10 heteroatoms. The second kappa shape index (κ2) is 9.78. The molecule has 0 saturated carbocycles. The fourth-order valence-electron chi connectivity index (χ4n) is 2.75. The lowest BCUT2D eigenvalue weighted by molar-refractivity contribution is -0.114. The minimum absolute atomic E-state index is 0.0290. The Balaban J connectivity index is 1.94. The molecule has 0 radical (unpaired) electrons. The highest BCUT2D eigenvalue weighted by Gasteiger charge is 2.27. The number of ether oxygens (including phenoxy) is 1. The van der Waals surface area contributed by atoms with Crippen molar-refractivity contribution in [2.45, 2.75) is 4.90 Å². The fraction of sp³-hybridized carbons (Fsp3) is 0.0952. The maximum atomic E-state index is 13.3. The summed E-state index contributed by atoms with van der Waals surface area (Å²) in [5.41, 5.74) is 0.586. The van der Waals surface area contributed by atoms with Crippen molar-refractivity contribution in [2.75, 3.05) is 23.3 Å². The van der Waals surface area contributed by atoms with Crippen LogP contribution in [0.5, 0.6) is 5.75 Å². The van der Waals surface area contributed by atoms with Gasteiger partial charge in [-0.25, -0.2) is 8.42 Å². The van der Waals surface area contributed by atoms with Crippen molar-refractivity contribution < 1.29 is 17.9 Å². The van der Waals surface area contributed by atoms with Crippen molar-refractivity contribution in [3.63, 3.8) is 0 Å². The van der Waals surface area contributed by atoms with Gasteiger partial charge in [0.2, 0.25) is 5.91 Å². The molecule has 0 atom stereocenters. The molecule has 1 amide bonds. The van der Waals surface area contributed by atoms with E-state index in [4.69, 9.17) is 39.5 Å². The number of sulfonamides is 1. The summed E-state index contributed by atoms with van der Waals surface area (Å²) in [6.07, 6.45) is 0. The molecule has 0 fully saturated rings. The fourth-order valence-corrected chi connectivity index (χ4v) is 4.73. The maximum absolute atomic E-state index is 13.3. The largest absolute Gasteiger partial charge is 0.495 e. The lowest BCUT2D eigenvalue weighted by Crippen LogP contribution is -2.38. The molecular formula is C21H17Cl3N2O4S. The van der Waals surface area contributed by atoms with Crippen LogP contribution in [-0.4, -0.2) is 28.0 Å². The molecule has 162 valence electrons. The number of benzene rings is 3. The summed E-state index contributed by atoms with van der Waals surface area (Å²) in [4.78, 5) is 12.8. The Hall–Kier alpha value is -2.45. The van der Waals surface area contributed by atoms with E-state index in [1.807, 2.05) is 0 Å². The first-order valence-electron chi connectivity index (χ1n) is 8.88. The molecule has 0 saturated heterocycles. The number of carbonyl (C=O) groups is 1. The Morgan fingerprint density at radius 3 is 2.26 bits per heavy atom. The van der Waals surface area contributed by atoms with E-state index in [1.54, 1.807) is 30.3 Å². The summed E-state index contributed by atoms with van der Waals surface area (Å²) in [5.74, 6) is -0.129. The molecule has 0 spiro atoms. The first-order chi connectivity index (χ1) is 14.7. The molecule has 0 unspecified atom stereocenters. The minimum atomic E-state index is -4.07. The predicted molar refractivity (Wildman–Crippen MR) is 124 cm³/mol. The van der Waals surface area contributed by atoms with Gasteiger partial charge in [0.1, 0.15) is 12.3 Å². The van der Waals surface area contributed by atoms with Gasteiger partial charge in [0.15, 0.2) is 0 Å². The van der Waals surface area contributed by atoms with E-state index < -0.39 is 22.5 Å². The van der Waals surface area contributed by atoms with Crippen molar-refractivity contribution in [3.8, 4) is 5.75 Å². The highest BCUT2D eigenvalue weighted by atomic mass is 35.5. The number of rotatable bonds is 7. The van der Waals surface area contributed by atoms with Crippen LogP contribution < -0.4 is 14.4 Å². The highest BCUT2D eigenvalue weighted by molar-refractivity contribution is 7.92. The average Bonchev–Trinajstić information content (AvgIpc) is 2.75. The zero-order chi connectivity index (χ0) is 22.6. The third kappa shape index (κ3) is 5.43. The summed E-state index contributed by atoms with van der Waals surface area (Å²) in [6.45, 7) is -0.501. The number of halogens is 3. The molecule has 3 aromatic carbocycles. The topological polar surface area (TPSA) is 75.7 Å². The molecule has 0 aliphatic heterocycles. The normalized spacial score (nSPS) is 11.1. The lowest BCUT2D eigenvalue weighted by atomic mass is 10.3. The number of anilines is 2. The molecule has 1 N–H and O–H groups in total. The third-order valence-corrected chi connectivity index (χ3v) is 7.07. The van der Waals surface area contributed by atoms with Gasteiger partial charge in [-0.3, -0.25) is 9.10 Å². The van der Waals surface area contributed by atoms with Crippen LogP contribution in [0, 0.1) is 0 Å². The number of amides is 1. The predicted octanol–water partition coefficient (Wildman–Crippen LogP) is 5.49. The van der Waals surface area contributed by atoms with Crippen LogP contribution >= 0.6 is 34.8 Å². The van der Waals surface area contributed by atoms with Crippen molar-refractivity contribution in [1.82, 2.24) is 0 Å². The van der Waals surface area contributed by atoms with Gasteiger partial charge in [-0.1, -0.05) is 53.0 Å². The average molecular weight is 500 g/mol. The van der Waals surface area contributed by atoms with Crippen LogP contribution in [0.4, 0.5) is 11.4 Å². The van der Waals surface area contributed by atoms with Gasteiger partial charge >= 0.3 is 0 Å². The van der Waals surface area contributed by atoms with Crippen LogP contribution in [-0.2, 0) is 14.8 Å². The van der Waals surface area contributed by atoms with Gasteiger partial charge in [-0.2, -0.15) is 0 Å². The zero-order valence-corrected chi connectivity index (χ0v) is 19.3. The first kappa shape index (κ1) is 23.2. The van der Waals surface area contributed by atoms with Crippen LogP contribution in [0.1, 0.15) is 0 Å². The van der Waals surface area contributed by atoms with E-state index in [0.29, 0.717) is 16.5 Å². The second-order valence-corrected chi connectivity index (χ2v) is 9.40. The van der Waals surface area contributed by atoms with Crippen molar-refractivity contribution >= 4 is 62.1 Å². The van der Waals surface area contributed by atoms with Gasteiger partial charge in [-0.05, 0) is 48.5 Å². The van der Waals surface area contributed by atoms with Gasteiger partial charge in [0.25, 0.3) is 10.0 Å². The Morgan fingerprint density at radius 2 is 1.65 bits per heavy atom. The number of hydrogen-bond acceptors (Lipinski definition) is 4. The Kier molecular flexibility index (Phi) is 7.33. The quantitative estimate of drug-likeness (QED) is 0.466. The maximum Gasteiger partial charge on any atom is 0.264 e. The van der Waals surface area contributed by atoms with Gasteiger partial charge in [-0.15, -0.1) is 0 Å². The van der Waals surface area contributed by atoms with E-state index in [9.17, 15) is 13.2 Å². The summed E-state index contributed by atoms with van der Waals surface area (Å²) < 4.78 is 32.6. The van der Waals surface area contributed by atoms with E-state index in [1.165, 1.54) is 43.5 Å². The lowest BCUT2D eigenvalue weighted by Gasteiger charge is -2.24. The van der Waals surface area contributed by atoms with Crippen LogP contribution in [0.2, 0.25) is 15.1 Å². The molecule has 3 aromatic rings. The Morgan fingerprint density at radius 1 is 0.935 bits per heavy atom. The van der Waals surface area contributed by atoms with Crippen molar-refractivity contribution in [3.05, 3.63) is 81.8 Å². The van der Waals surface area contributed by atoms with Gasteiger partial charge < -0.3 is 10.1 Å². The van der Waals surface area contributed by atoms with Gasteiger partial charge in [0.05, 0.1) is 32.8 Å². The van der Waals surface area contributed by atoms with Crippen LogP contribution in [0.15, 0.2) is 71.6 Å². The number of methoxy groups -OCH3 is 1. The van der Waals surface area contributed by atoms with Gasteiger partial charge in [0, 0.05) is 5.69 Å². The number of nitrogens with zero attached hydrogens (tertiary/aromatic N) is 1. The second-order valence-electron chi connectivity index (χ2n) is 6.32. The van der Waals surface area contributed by atoms with E-state index in [2.05, 4.69) is 5.32 Å². The number of carbonyl (C=O) groups excluding carboxylic acids is 1. The first-order valence-corrected chi connectivity index (χ1v) is 11.5. The molecule has 0 aliphatic rings. The molecule has 0 bridgehead atoms.